The summed E-state index contributed by atoms with van der Waals surface area (Å²) in [7, 11) is 1.51. The van der Waals surface area contributed by atoms with Crippen molar-refractivity contribution in [2.45, 2.75) is 31.5 Å². The van der Waals surface area contributed by atoms with Crippen molar-refractivity contribution in [3.05, 3.63) is 47.7 Å². The van der Waals surface area contributed by atoms with Crippen molar-refractivity contribution in [1.29, 1.82) is 0 Å². The molecule has 2 heterocycles. The first-order valence-corrected chi connectivity index (χ1v) is 8.61. The van der Waals surface area contributed by atoms with Gasteiger partial charge in [-0.25, -0.2) is 0 Å². The van der Waals surface area contributed by atoms with Gasteiger partial charge in [-0.1, -0.05) is 12.1 Å². The molecule has 0 unspecified atom stereocenters. The van der Waals surface area contributed by atoms with Crippen molar-refractivity contribution < 1.29 is 27.2 Å². The van der Waals surface area contributed by atoms with Crippen molar-refractivity contribution in [3.8, 4) is 11.3 Å². The Morgan fingerprint density at radius 2 is 1.96 bits per heavy atom. The number of carbonyl (C=O) groups excluding carboxylic acids is 2. The number of alkyl halides is 3. The lowest BCUT2D eigenvalue weighted by Crippen LogP contribution is -2.51. The predicted molar refractivity (Wildman–Crippen MR) is 91.9 cm³/mol. The molecule has 1 saturated heterocycles. The molecule has 2 aromatic rings. The Kier molecular flexibility index (Phi) is 5.25. The molecule has 1 aliphatic heterocycles. The lowest BCUT2D eigenvalue weighted by atomic mass is 10.0. The minimum absolute atomic E-state index is 0.00165. The monoisotopic (exact) mass is 380 g/mol. The highest BCUT2D eigenvalue weighted by molar-refractivity contribution is 5.96. The molecular formula is C19H19F3N2O3. The van der Waals surface area contributed by atoms with Gasteiger partial charge in [0.25, 0.3) is 5.91 Å². The molecule has 1 N–H and O–H groups in total. The van der Waals surface area contributed by atoms with E-state index in [-0.39, 0.29) is 23.0 Å². The first-order valence-electron chi connectivity index (χ1n) is 8.61. The molecule has 1 aliphatic rings. The average molecular weight is 380 g/mol. The number of benzene rings is 1. The van der Waals surface area contributed by atoms with Crippen molar-refractivity contribution >= 4 is 11.8 Å². The second kappa shape index (κ2) is 7.46. The first kappa shape index (κ1) is 19.0. The maximum absolute atomic E-state index is 12.9. The second-order valence-electron chi connectivity index (χ2n) is 6.37. The summed E-state index contributed by atoms with van der Waals surface area (Å²) in [5.41, 5.74) is -0.564. The summed E-state index contributed by atoms with van der Waals surface area (Å²) in [6, 6.07) is 7.03. The molecule has 3 rings (SSSR count). The van der Waals surface area contributed by atoms with Gasteiger partial charge in [-0.05, 0) is 43.5 Å². The zero-order valence-corrected chi connectivity index (χ0v) is 14.7. The number of halogens is 3. The molecule has 0 bridgehead atoms. The van der Waals surface area contributed by atoms with Crippen LogP contribution < -0.4 is 5.32 Å². The number of rotatable bonds is 3. The van der Waals surface area contributed by atoms with E-state index in [0.717, 1.165) is 25.0 Å². The summed E-state index contributed by atoms with van der Waals surface area (Å²) in [6.07, 6.45) is -2.28. The molecule has 27 heavy (non-hydrogen) atoms. The summed E-state index contributed by atoms with van der Waals surface area (Å²) >= 11 is 0. The van der Waals surface area contributed by atoms with Gasteiger partial charge in [-0.3, -0.25) is 9.59 Å². The second-order valence-corrected chi connectivity index (χ2v) is 6.37. The SMILES string of the molecule is CNC(=O)[C@@H]1CCCCN1C(=O)c1ccc(-c2cccc(C(F)(F)F)c2)o1. The zero-order chi connectivity index (χ0) is 19.6. The molecule has 144 valence electrons. The molecule has 5 nitrogen and oxygen atoms in total. The number of likely N-dealkylation sites (N-methyl/N-ethyl adjacent to an activating group) is 1. The number of nitrogens with one attached hydrogen (secondary N) is 1. The summed E-state index contributed by atoms with van der Waals surface area (Å²) in [4.78, 5) is 26.3. The molecule has 0 radical (unpaired) electrons. The van der Waals surface area contributed by atoms with Gasteiger partial charge >= 0.3 is 6.18 Å². The topological polar surface area (TPSA) is 62.6 Å². The maximum atomic E-state index is 12.9. The van der Waals surface area contributed by atoms with Crippen molar-refractivity contribution in [3.63, 3.8) is 0 Å². The van der Waals surface area contributed by atoms with Gasteiger partial charge in [0.2, 0.25) is 5.91 Å². The molecule has 0 aliphatic carbocycles. The fraction of sp³-hybridized carbons (Fsp3) is 0.368. The van der Waals surface area contributed by atoms with Crippen LogP contribution in [-0.4, -0.2) is 36.3 Å². The number of hydrogen-bond donors (Lipinski definition) is 1. The molecular weight excluding hydrogens is 361 g/mol. The molecule has 1 fully saturated rings. The van der Waals surface area contributed by atoms with Crippen LogP contribution in [0.2, 0.25) is 0 Å². The third-order valence-electron chi connectivity index (χ3n) is 4.60. The van der Waals surface area contributed by atoms with Crippen LogP contribution in [0, 0.1) is 0 Å². The fourth-order valence-electron chi connectivity index (χ4n) is 3.21. The molecule has 0 saturated carbocycles. The Hall–Kier alpha value is -2.77. The van der Waals surface area contributed by atoms with Crippen LogP contribution in [-0.2, 0) is 11.0 Å². The van der Waals surface area contributed by atoms with Crippen LogP contribution in [0.25, 0.3) is 11.3 Å². The van der Waals surface area contributed by atoms with Crippen molar-refractivity contribution in [1.82, 2.24) is 10.2 Å². The van der Waals surface area contributed by atoms with E-state index in [1.165, 1.54) is 36.2 Å². The van der Waals surface area contributed by atoms with Crippen LogP contribution >= 0.6 is 0 Å². The van der Waals surface area contributed by atoms with Gasteiger partial charge in [0.05, 0.1) is 5.56 Å². The molecule has 0 spiro atoms. The quantitative estimate of drug-likeness (QED) is 0.883. The number of carbonyl (C=O) groups is 2. The first-order chi connectivity index (χ1) is 12.8. The van der Waals surface area contributed by atoms with Gasteiger partial charge in [-0.15, -0.1) is 0 Å². The zero-order valence-electron chi connectivity index (χ0n) is 14.7. The van der Waals surface area contributed by atoms with E-state index in [2.05, 4.69) is 5.32 Å². The van der Waals surface area contributed by atoms with Crippen molar-refractivity contribution in [2.24, 2.45) is 0 Å². The van der Waals surface area contributed by atoms with Crippen molar-refractivity contribution in [2.75, 3.05) is 13.6 Å². The van der Waals surface area contributed by atoms with Gasteiger partial charge in [0, 0.05) is 19.2 Å². The third-order valence-corrected chi connectivity index (χ3v) is 4.60. The largest absolute Gasteiger partial charge is 0.451 e. The number of nitrogens with zero attached hydrogens (tertiary/aromatic N) is 1. The molecule has 2 amide bonds. The van der Waals surface area contributed by atoms with Crippen LogP contribution in [0.1, 0.15) is 35.4 Å². The number of hydrogen-bond acceptors (Lipinski definition) is 3. The smallest absolute Gasteiger partial charge is 0.416 e. The molecule has 1 atom stereocenters. The highest BCUT2D eigenvalue weighted by Gasteiger charge is 2.34. The van der Waals surface area contributed by atoms with Crippen LogP contribution in [0.4, 0.5) is 13.2 Å². The van der Waals surface area contributed by atoms with Gasteiger partial charge in [0.1, 0.15) is 11.8 Å². The van der Waals surface area contributed by atoms with E-state index in [9.17, 15) is 22.8 Å². The summed E-state index contributed by atoms with van der Waals surface area (Å²) in [6.45, 7) is 0.427. The van der Waals surface area contributed by atoms with Gasteiger partial charge in [0.15, 0.2) is 5.76 Å². The van der Waals surface area contributed by atoms with E-state index in [1.807, 2.05) is 0 Å². The normalized spacial score (nSPS) is 17.6. The van der Waals surface area contributed by atoms with Gasteiger partial charge in [-0.2, -0.15) is 13.2 Å². The number of likely N-dealkylation sites (tertiary alicyclic amines) is 1. The van der Waals surface area contributed by atoms with E-state index in [0.29, 0.717) is 13.0 Å². The summed E-state index contributed by atoms with van der Waals surface area (Å²) in [5, 5.41) is 2.55. The minimum Gasteiger partial charge on any atom is -0.451 e. The molecule has 1 aromatic carbocycles. The lowest BCUT2D eigenvalue weighted by Gasteiger charge is -2.33. The standard InChI is InChI=1S/C19H19F3N2O3/c1-23-17(25)14-7-2-3-10-24(14)18(26)16-9-8-15(27-16)12-5-4-6-13(11-12)19(20,21)22/h4-6,8-9,11,14H,2-3,7,10H2,1H3,(H,23,25)/t14-/m0/s1. The fourth-order valence-corrected chi connectivity index (χ4v) is 3.21. The molecule has 8 heteroatoms. The highest BCUT2D eigenvalue weighted by atomic mass is 19.4. The summed E-state index contributed by atoms with van der Waals surface area (Å²) in [5.74, 6) is -0.523. The number of furan rings is 1. The Balaban J connectivity index is 1.85. The Morgan fingerprint density at radius 1 is 1.19 bits per heavy atom. The van der Waals surface area contributed by atoms with E-state index >= 15 is 0 Å². The lowest BCUT2D eigenvalue weighted by molar-refractivity contribution is -0.137. The number of piperidine rings is 1. The minimum atomic E-state index is -4.46. The van der Waals surface area contributed by atoms with Crippen LogP contribution in [0.3, 0.4) is 0 Å². The Labute approximate surface area is 154 Å². The summed E-state index contributed by atoms with van der Waals surface area (Å²) < 4.78 is 44.2. The van der Waals surface area contributed by atoms with E-state index in [4.69, 9.17) is 4.42 Å². The van der Waals surface area contributed by atoms with E-state index in [1.54, 1.807) is 0 Å². The highest BCUT2D eigenvalue weighted by Crippen LogP contribution is 2.33. The third kappa shape index (κ3) is 3.99. The van der Waals surface area contributed by atoms with Crippen LogP contribution in [0.5, 0.6) is 0 Å². The van der Waals surface area contributed by atoms with Crippen LogP contribution in [0.15, 0.2) is 40.8 Å². The van der Waals surface area contributed by atoms with Gasteiger partial charge < -0.3 is 14.6 Å². The Bertz CT molecular complexity index is 845. The maximum Gasteiger partial charge on any atom is 0.416 e. The molecule has 1 aromatic heterocycles. The predicted octanol–water partition coefficient (Wildman–Crippen LogP) is 3.71. The average Bonchev–Trinajstić information content (AvgIpc) is 3.16. The Morgan fingerprint density at radius 3 is 2.67 bits per heavy atom. The number of amides is 2. The van der Waals surface area contributed by atoms with E-state index < -0.39 is 23.7 Å².